The molecule has 0 aliphatic rings. The van der Waals surface area contributed by atoms with Gasteiger partial charge in [0.15, 0.2) is 23.1 Å². The fourth-order valence-electron chi connectivity index (χ4n) is 5.93. The van der Waals surface area contributed by atoms with Crippen molar-refractivity contribution in [3.05, 3.63) is 146 Å². The van der Waals surface area contributed by atoms with E-state index in [0.29, 0.717) is 23.4 Å². The first kappa shape index (κ1) is 26.4. The van der Waals surface area contributed by atoms with Crippen molar-refractivity contribution in [3.63, 3.8) is 0 Å². The second kappa shape index (κ2) is 10.9. The van der Waals surface area contributed by atoms with Gasteiger partial charge in [0.25, 0.3) is 0 Å². The van der Waals surface area contributed by atoms with Crippen LogP contribution >= 0.6 is 11.3 Å². The standard InChI is InChI=1S/C40H24N4OS/c1-3-10-26(11-4-1)37-42-38(27-12-5-2-6-13-27)44-39(43-37)28-20-18-25(19-21-28)30-14-9-17-35-36(30)31-24-29(22-23-34(31)46-35)40-41-32-15-7-8-16-33(32)45-40/h1-24H. The number of benzene rings is 6. The minimum atomic E-state index is 0.631. The maximum absolute atomic E-state index is 6.11. The molecule has 0 spiro atoms. The Morgan fingerprint density at radius 2 is 1.02 bits per heavy atom. The molecule has 3 heterocycles. The van der Waals surface area contributed by atoms with Crippen molar-refractivity contribution >= 4 is 42.6 Å². The molecule has 0 N–H and O–H groups in total. The van der Waals surface area contributed by atoms with Crippen LogP contribution in [0.5, 0.6) is 0 Å². The summed E-state index contributed by atoms with van der Waals surface area (Å²) in [5.41, 5.74) is 7.75. The van der Waals surface area contributed by atoms with E-state index in [1.54, 1.807) is 11.3 Å². The molecule has 0 saturated carbocycles. The Hall–Kier alpha value is -5.98. The number of fused-ring (bicyclic) bond motifs is 4. The molecule has 5 nitrogen and oxygen atoms in total. The highest BCUT2D eigenvalue weighted by molar-refractivity contribution is 7.26. The Labute approximate surface area is 268 Å². The number of para-hydroxylation sites is 2. The van der Waals surface area contributed by atoms with Crippen LogP contribution in [-0.4, -0.2) is 19.9 Å². The molecule has 0 aliphatic carbocycles. The average Bonchev–Trinajstić information content (AvgIpc) is 3.74. The smallest absolute Gasteiger partial charge is 0.227 e. The molecule has 0 aliphatic heterocycles. The van der Waals surface area contributed by atoms with E-state index in [1.165, 1.54) is 25.7 Å². The van der Waals surface area contributed by atoms with E-state index in [4.69, 9.17) is 24.4 Å². The zero-order valence-corrected chi connectivity index (χ0v) is 25.3. The number of thiophene rings is 1. The zero-order chi connectivity index (χ0) is 30.5. The van der Waals surface area contributed by atoms with Crippen molar-refractivity contribution in [2.24, 2.45) is 0 Å². The number of oxazole rings is 1. The molecule has 46 heavy (non-hydrogen) atoms. The molecule has 0 amide bonds. The maximum atomic E-state index is 6.11. The van der Waals surface area contributed by atoms with Gasteiger partial charge in [0.1, 0.15) is 5.52 Å². The van der Waals surface area contributed by atoms with Crippen LogP contribution in [0.2, 0.25) is 0 Å². The Kier molecular flexibility index (Phi) is 6.25. The second-order valence-corrected chi connectivity index (χ2v) is 12.2. The van der Waals surface area contributed by atoms with Gasteiger partial charge in [-0.25, -0.2) is 19.9 Å². The first-order valence-electron chi connectivity index (χ1n) is 15.1. The third-order valence-electron chi connectivity index (χ3n) is 8.19. The Morgan fingerprint density at radius 3 is 1.70 bits per heavy atom. The largest absolute Gasteiger partial charge is 0.436 e. The lowest BCUT2D eigenvalue weighted by Gasteiger charge is -2.10. The van der Waals surface area contributed by atoms with Crippen molar-refractivity contribution in [2.45, 2.75) is 0 Å². The Bertz CT molecular complexity index is 2430. The third-order valence-corrected chi connectivity index (χ3v) is 9.33. The summed E-state index contributed by atoms with van der Waals surface area (Å²) < 4.78 is 8.58. The van der Waals surface area contributed by atoms with E-state index in [2.05, 4.69) is 60.7 Å². The van der Waals surface area contributed by atoms with Crippen LogP contribution in [0.15, 0.2) is 150 Å². The third kappa shape index (κ3) is 4.64. The van der Waals surface area contributed by atoms with E-state index in [9.17, 15) is 0 Å². The summed E-state index contributed by atoms with van der Waals surface area (Å²) >= 11 is 1.80. The van der Waals surface area contributed by atoms with Gasteiger partial charge in [0.05, 0.1) is 0 Å². The molecule has 0 fully saturated rings. The molecule has 0 atom stereocenters. The Balaban J connectivity index is 1.14. The van der Waals surface area contributed by atoms with Crippen LogP contribution in [0.1, 0.15) is 0 Å². The monoisotopic (exact) mass is 608 g/mol. The molecule has 0 bridgehead atoms. The molecule has 9 aromatic rings. The molecule has 0 radical (unpaired) electrons. The van der Waals surface area contributed by atoms with Crippen LogP contribution in [0, 0.1) is 0 Å². The summed E-state index contributed by atoms with van der Waals surface area (Å²) in [4.78, 5) is 19.4. The molecule has 6 aromatic carbocycles. The molecular weight excluding hydrogens is 585 g/mol. The molecule has 3 aromatic heterocycles. The number of hydrogen-bond acceptors (Lipinski definition) is 6. The average molecular weight is 609 g/mol. The second-order valence-electron chi connectivity index (χ2n) is 11.1. The van der Waals surface area contributed by atoms with Crippen LogP contribution in [0.3, 0.4) is 0 Å². The van der Waals surface area contributed by atoms with Crippen molar-refractivity contribution in [2.75, 3.05) is 0 Å². The number of hydrogen-bond donors (Lipinski definition) is 0. The minimum Gasteiger partial charge on any atom is -0.436 e. The lowest BCUT2D eigenvalue weighted by atomic mass is 9.98. The van der Waals surface area contributed by atoms with Crippen LogP contribution in [-0.2, 0) is 0 Å². The molecule has 0 unspecified atom stereocenters. The van der Waals surface area contributed by atoms with Gasteiger partial charge in [-0.15, -0.1) is 11.3 Å². The first-order valence-corrected chi connectivity index (χ1v) is 15.9. The minimum absolute atomic E-state index is 0.631. The lowest BCUT2D eigenvalue weighted by molar-refractivity contribution is 0.620. The first-order chi connectivity index (χ1) is 22.8. The molecule has 0 saturated heterocycles. The lowest BCUT2D eigenvalue weighted by Crippen LogP contribution is -2.00. The van der Waals surface area contributed by atoms with E-state index >= 15 is 0 Å². The van der Waals surface area contributed by atoms with E-state index < -0.39 is 0 Å². The number of rotatable bonds is 5. The summed E-state index contributed by atoms with van der Waals surface area (Å²) in [6.45, 7) is 0. The van der Waals surface area contributed by atoms with Gasteiger partial charge in [-0.2, -0.15) is 0 Å². The highest BCUT2D eigenvalue weighted by Crippen LogP contribution is 2.42. The number of aromatic nitrogens is 4. The van der Waals surface area contributed by atoms with Crippen LogP contribution in [0.25, 0.3) is 88.0 Å². The maximum Gasteiger partial charge on any atom is 0.227 e. The SMILES string of the molecule is c1ccc(-c2nc(-c3ccccc3)nc(-c3ccc(-c4cccc5sc6ccc(-c7nc8ccccc8o7)cc6c45)cc3)n2)cc1. The van der Waals surface area contributed by atoms with Crippen molar-refractivity contribution in [1.29, 1.82) is 0 Å². The Morgan fingerprint density at radius 1 is 0.435 bits per heavy atom. The van der Waals surface area contributed by atoms with E-state index in [1.807, 2.05) is 84.9 Å². The fourth-order valence-corrected chi connectivity index (χ4v) is 7.05. The van der Waals surface area contributed by atoms with E-state index in [-0.39, 0.29) is 0 Å². The van der Waals surface area contributed by atoms with Crippen molar-refractivity contribution in [3.8, 4) is 56.7 Å². The van der Waals surface area contributed by atoms with Gasteiger partial charge in [0, 0.05) is 42.4 Å². The fraction of sp³-hybridized carbons (Fsp3) is 0. The van der Waals surface area contributed by atoms with Gasteiger partial charge < -0.3 is 4.42 Å². The number of nitrogens with zero attached hydrogens (tertiary/aromatic N) is 4. The van der Waals surface area contributed by atoms with Crippen LogP contribution in [0.4, 0.5) is 0 Å². The van der Waals surface area contributed by atoms with Crippen LogP contribution < -0.4 is 0 Å². The van der Waals surface area contributed by atoms with E-state index in [0.717, 1.165) is 38.9 Å². The summed E-state index contributed by atoms with van der Waals surface area (Å²) in [6, 6.07) is 49.5. The van der Waals surface area contributed by atoms with Gasteiger partial charge in [-0.1, -0.05) is 109 Å². The topological polar surface area (TPSA) is 64.7 Å². The van der Waals surface area contributed by atoms with Gasteiger partial charge in [-0.3, -0.25) is 0 Å². The van der Waals surface area contributed by atoms with Gasteiger partial charge in [0.2, 0.25) is 5.89 Å². The molecule has 216 valence electrons. The molecular formula is C40H24N4OS. The quantitative estimate of drug-likeness (QED) is 0.194. The van der Waals surface area contributed by atoms with Crippen molar-refractivity contribution < 1.29 is 4.42 Å². The summed E-state index contributed by atoms with van der Waals surface area (Å²) in [5.74, 6) is 2.57. The predicted molar refractivity (Wildman–Crippen MR) is 187 cm³/mol. The van der Waals surface area contributed by atoms with Crippen molar-refractivity contribution in [1.82, 2.24) is 19.9 Å². The highest BCUT2D eigenvalue weighted by Gasteiger charge is 2.16. The summed E-state index contributed by atoms with van der Waals surface area (Å²) in [5, 5.41) is 2.42. The van der Waals surface area contributed by atoms with Gasteiger partial charge >= 0.3 is 0 Å². The normalized spacial score (nSPS) is 11.5. The zero-order valence-electron chi connectivity index (χ0n) is 24.5. The van der Waals surface area contributed by atoms with Gasteiger partial charge in [-0.05, 0) is 47.5 Å². The highest BCUT2D eigenvalue weighted by atomic mass is 32.1. The summed E-state index contributed by atoms with van der Waals surface area (Å²) in [6.07, 6.45) is 0. The summed E-state index contributed by atoms with van der Waals surface area (Å²) in [7, 11) is 0. The predicted octanol–water partition coefficient (Wildman–Crippen LogP) is 10.7. The molecule has 6 heteroatoms. The molecule has 9 rings (SSSR count).